The first-order valence-electron chi connectivity index (χ1n) is 10.4. The maximum absolute atomic E-state index is 13.8. The van der Waals surface area contributed by atoms with Crippen molar-refractivity contribution in [1.82, 2.24) is 14.8 Å². The number of pyridine rings is 1. The molecule has 0 aliphatic rings. The average molecular weight is 434 g/mol. The second-order valence-electron chi connectivity index (χ2n) is 8.00. The number of aromatic nitrogens is 3. The van der Waals surface area contributed by atoms with Crippen molar-refractivity contribution in [3.05, 3.63) is 82.2 Å². The van der Waals surface area contributed by atoms with Gasteiger partial charge in [0.1, 0.15) is 11.6 Å². The van der Waals surface area contributed by atoms with E-state index >= 15 is 0 Å². The molecule has 0 radical (unpaired) electrons. The van der Waals surface area contributed by atoms with Gasteiger partial charge in [-0.05, 0) is 69.5 Å². The van der Waals surface area contributed by atoms with Crippen molar-refractivity contribution in [2.75, 3.05) is 5.32 Å². The fourth-order valence-corrected chi connectivity index (χ4v) is 3.98. The van der Waals surface area contributed by atoms with Crippen molar-refractivity contribution in [1.29, 1.82) is 0 Å². The lowest BCUT2D eigenvalue weighted by molar-refractivity contribution is -0.116. The molecule has 2 aromatic heterocycles. The Balaban J connectivity index is 1.60. The summed E-state index contributed by atoms with van der Waals surface area (Å²) in [4.78, 5) is 17.2. The minimum atomic E-state index is -0.798. The average Bonchev–Trinajstić information content (AvgIpc) is 3.06. The number of hydrogen-bond donors (Lipinski definition) is 1. The molecule has 5 nitrogen and oxygen atoms in total. The molecule has 4 rings (SSSR count). The standard InChI is InChI=1S/C25H24F2N4O/c1-14-5-8-19(9-6-14)31-25-24(17(4)30-31)15(2)20(16(3)28-25)10-12-23(32)29-22-11-7-18(26)13-21(22)27/h5-9,11,13H,10,12H2,1-4H3,(H,29,32). The predicted molar refractivity (Wildman–Crippen MR) is 121 cm³/mol. The van der Waals surface area contributed by atoms with E-state index in [1.807, 2.05) is 56.6 Å². The lowest BCUT2D eigenvalue weighted by Gasteiger charge is -2.12. The summed E-state index contributed by atoms with van der Waals surface area (Å²) in [5.74, 6) is -1.83. The Morgan fingerprint density at radius 3 is 2.41 bits per heavy atom. The molecule has 0 spiro atoms. The third-order valence-corrected chi connectivity index (χ3v) is 5.66. The Bertz CT molecular complexity index is 1330. The lowest BCUT2D eigenvalue weighted by atomic mass is 9.99. The van der Waals surface area contributed by atoms with Crippen molar-refractivity contribution in [3.8, 4) is 5.69 Å². The number of hydrogen-bond acceptors (Lipinski definition) is 3. The molecule has 0 aliphatic carbocycles. The first kappa shape index (κ1) is 21.6. The molecule has 0 aliphatic heterocycles. The van der Waals surface area contributed by atoms with Crippen molar-refractivity contribution in [2.45, 2.75) is 40.5 Å². The first-order chi connectivity index (χ1) is 15.2. The van der Waals surface area contributed by atoms with Gasteiger partial charge in [-0.25, -0.2) is 18.4 Å². The van der Waals surface area contributed by atoms with Crippen LogP contribution in [0.5, 0.6) is 0 Å². The van der Waals surface area contributed by atoms with Crippen LogP contribution >= 0.6 is 0 Å². The van der Waals surface area contributed by atoms with Gasteiger partial charge in [0.2, 0.25) is 5.91 Å². The largest absolute Gasteiger partial charge is 0.324 e. The second-order valence-corrected chi connectivity index (χ2v) is 8.00. The summed E-state index contributed by atoms with van der Waals surface area (Å²) < 4.78 is 28.7. The first-order valence-corrected chi connectivity index (χ1v) is 10.4. The highest BCUT2D eigenvalue weighted by atomic mass is 19.1. The summed E-state index contributed by atoms with van der Waals surface area (Å²) in [6.45, 7) is 7.92. The topological polar surface area (TPSA) is 59.8 Å². The van der Waals surface area contributed by atoms with E-state index in [2.05, 4.69) is 5.32 Å². The van der Waals surface area contributed by atoms with Gasteiger partial charge in [-0.1, -0.05) is 17.7 Å². The molecule has 32 heavy (non-hydrogen) atoms. The van der Waals surface area contributed by atoms with Crippen LogP contribution < -0.4 is 5.32 Å². The summed E-state index contributed by atoms with van der Waals surface area (Å²) in [6, 6.07) is 11.2. The number of aryl methyl sites for hydroxylation is 4. The molecule has 7 heteroatoms. The van der Waals surface area contributed by atoms with E-state index < -0.39 is 11.6 Å². The number of nitrogens with one attached hydrogen (secondary N) is 1. The SMILES string of the molecule is Cc1ccc(-n2nc(C)c3c(C)c(CCC(=O)Nc4ccc(F)cc4F)c(C)nc32)cc1. The Morgan fingerprint density at radius 1 is 1.00 bits per heavy atom. The molecule has 2 aromatic carbocycles. The van der Waals surface area contributed by atoms with Crippen LogP contribution in [0.15, 0.2) is 42.5 Å². The summed E-state index contributed by atoms with van der Waals surface area (Å²) in [5, 5.41) is 8.18. The van der Waals surface area contributed by atoms with Crippen molar-refractivity contribution < 1.29 is 13.6 Å². The van der Waals surface area contributed by atoms with Crippen LogP contribution in [0.2, 0.25) is 0 Å². The molecular weight excluding hydrogens is 410 g/mol. The molecule has 164 valence electrons. The van der Waals surface area contributed by atoms with Gasteiger partial charge in [0.15, 0.2) is 5.65 Å². The Hall–Kier alpha value is -3.61. The Morgan fingerprint density at radius 2 is 1.72 bits per heavy atom. The van der Waals surface area contributed by atoms with Gasteiger partial charge in [-0.2, -0.15) is 5.10 Å². The molecule has 1 amide bonds. The Labute approximate surface area is 185 Å². The summed E-state index contributed by atoms with van der Waals surface area (Å²) >= 11 is 0. The normalized spacial score (nSPS) is 11.2. The highest BCUT2D eigenvalue weighted by Gasteiger charge is 2.18. The number of halogens is 2. The predicted octanol–water partition coefficient (Wildman–Crippen LogP) is 5.50. The highest BCUT2D eigenvalue weighted by molar-refractivity contribution is 5.91. The van der Waals surface area contributed by atoms with E-state index in [-0.39, 0.29) is 18.0 Å². The van der Waals surface area contributed by atoms with Crippen molar-refractivity contribution >= 4 is 22.6 Å². The molecule has 0 saturated heterocycles. The number of anilines is 1. The second kappa shape index (κ2) is 8.49. The van der Waals surface area contributed by atoms with Gasteiger partial charge in [0.25, 0.3) is 0 Å². The zero-order valence-corrected chi connectivity index (χ0v) is 18.5. The zero-order chi connectivity index (χ0) is 23.0. The van der Waals surface area contributed by atoms with E-state index in [1.165, 1.54) is 11.6 Å². The van der Waals surface area contributed by atoms with Crippen LogP contribution in [0.4, 0.5) is 14.5 Å². The number of benzene rings is 2. The Kier molecular flexibility index (Phi) is 5.74. The van der Waals surface area contributed by atoms with Crippen LogP contribution in [0.3, 0.4) is 0 Å². The van der Waals surface area contributed by atoms with E-state index in [1.54, 1.807) is 0 Å². The van der Waals surface area contributed by atoms with Gasteiger partial charge in [-0.15, -0.1) is 0 Å². The van der Waals surface area contributed by atoms with E-state index in [9.17, 15) is 13.6 Å². The number of amides is 1. The maximum atomic E-state index is 13.8. The molecule has 0 saturated carbocycles. The molecule has 0 fully saturated rings. The molecule has 4 aromatic rings. The summed E-state index contributed by atoms with van der Waals surface area (Å²) in [6.07, 6.45) is 0.598. The van der Waals surface area contributed by atoms with Crippen LogP contribution in [0.1, 0.15) is 34.5 Å². The van der Waals surface area contributed by atoms with Gasteiger partial charge in [0, 0.05) is 23.6 Å². The van der Waals surface area contributed by atoms with Gasteiger partial charge >= 0.3 is 0 Å². The third-order valence-electron chi connectivity index (χ3n) is 5.66. The monoisotopic (exact) mass is 434 g/mol. The number of carbonyl (C=O) groups is 1. The highest BCUT2D eigenvalue weighted by Crippen LogP contribution is 2.28. The lowest BCUT2D eigenvalue weighted by Crippen LogP contribution is -2.14. The quantitative estimate of drug-likeness (QED) is 0.451. The molecule has 1 N–H and O–H groups in total. The molecular formula is C25H24F2N4O. The zero-order valence-electron chi connectivity index (χ0n) is 18.5. The molecule has 0 unspecified atom stereocenters. The van der Waals surface area contributed by atoms with Crippen LogP contribution in [-0.2, 0) is 11.2 Å². The smallest absolute Gasteiger partial charge is 0.224 e. The molecule has 0 atom stereocenters. The molecule has 2 heterocycles. The maximum Gasteiger partial charge on any atom is 0.224 e. The van der Waals surface area contributed by atoms with Gasteiger partial charge < -0.3 is 5.32 Å². The van der Waals surface area contributed by atoms with Crippen LogP contribution in [-0.4, -0.2) is 20.7 Å². The number of fused-ring (bicyclic) bond motifs is 1. The van der Waals surface area contributed by atoms with Crippen LogP contribution in [0, 0.1) is 39.3 Å². The molecule has 0 bridgehead atoms. The minimum Gasteiger partial charge on any atom is -0.324 e. The van der Waals surface area contributed by atoms with E-state index in [0.29, 0.717) is 6.42 Å². The summed E-state index contributed by atoms with van der Waals surface area (Å²) in [5.41, 5.74) is 6.55. The minimum absolute atomic E-state index is 0.0337. The number of nitrogens with zero attached hydrogens (tertiary/aromatic N) is 3. The summed E-state index contributed by atoms with van der Waals surface area (Å²) in [7, 11) is 0. The van der Waals surface area contributed by atoms with Gasteiger partial charge in [-0.3, -0.25) is 4.79 Å². The number of carbonyl (C=O) groups excluding carboxylic acids is 1. The third kappa shape index (κ3) is 4.10. The van der Waals surface area contributed by atoms with Crippen molar-refractivity contribution in [3.63, 3.8) is 0 Å². The van der Waals surface area contributed by atoms with Crippen LogP contribution in [0.25, 0.3) is 16.7 Å². The number of rotatable bonds is 5. The fraction of sp³-hybridized carbons (Fsp3) is 0.240. The van der Waals surface area contributed by atoms with E-state index in [0.717, 1.165) is 51.4 Å². The van der Waals surface area contributed by atoms with Crippen molar-refractivity contribution in [2.24, 2.45) is 0 Å². The fourth-order valence-electron chi connectivity index (χ4n) is 3.98. The van der Waals surface area contributed by atoms with E-state index in [4.69, 9.17) is 10.1 Å². The van der Waals surface area contributed by atoms with Gasteiger partial charge in [0.05, 0.1) is 17.1 Å².